The molecule has 0 bridgehead atoms. The predicted octanol–water partition coefficient (Wildman–Crippen LogP) is 5.97. The molecule has 0 spiro atoms. The first-order chi connectivity index (χ1) is 13.0. The smallest absolute Gasteiger partial charge is 0.267 e. The van der Waals surface area contributed by atoms with Crippen molar-refractivity contribution in [2.75, 3.05) is 0 Å². The summed E-state index contributed by atoms with van der Waals surface area (Å²) in [5, 5.41) is 8.26. The first kappa shape index (κ1) is 18.2. The summed E-state index contributed by atoms with van der Waals surface area (Å²) in [6, 6.07) is 12.4. The summed E-state index contributed by atoms with van der Waals surface area (Å²) in [4.78, 5) is 17.9. The molecule has 2 aromatic carbocycles. The van der Waals surface area contributed by atoms with E-state index in [4.69, 9.17) is 34.8 Å². The minimum Gasteiger partial charge on any atom is -0.267 e. The molecule has 27 heavy (non-hydrogen) atoms. The fourth-order valence-electron chi connectivity index (χ4n) is 2.58. The van der Waals surface area contributed by atoms with E-state index in [9.17, 15) is 4.79 Å². The number of aromatic nitrogens is 2. The molecule has 0 N–H and O–H groups in total. The van der Waals surface area contributed by atoms with Gasteiger partial charge in [0.15, 0.2) is 0 Å². The van der Waals surface area contributed by atoms with Crippen molar-refractivity contribution < 1.29 is 0 Å². The van der Waals surface area contributed by atoms with E-state index in [1.165, 1.54) is 28.6 Å². The van der Waals surface area contributed by atoms with Crippen molar-refractivity contribution in [2.45, 2.75) is 0 Å². The van der Waals surface area contributed by atoms with Crippen LogP contribution in [0.25, 0.3) is 21.3 Å². The number of thiophene rings is 1. The van der Waals surface area contributed by atoms with Gasteiger partial charge >= 0.3 is 0 Å². The van der Waals surface area contributed by atoms with Crippen molar-refractivity contribution in [3.63, 3.8) is 0 Å². The lowest BCUT2D eigenvalue weighted by Crippen LogP contribution is -2.16. The Morgan fingerprint density at radius 2 is 1.78 bits per heavy atom. The van der Waals surface area contributed by atoms with Gasteiger partial charge in [-0.15, -0.1) is 11.3 Å². The molecule has 0 radical (unpaired) electrons. The lowest BCUT2D eigenvalue weighted by Gasteiger charge is -2.02. The molecule has 0 aliphatic carbocycles. The third-order valence-electron chi connectivity index (χ3n) is 3.92. The SMILES string of the molecule is O=c1c2c(-c3ccc(Cl)cc3)csc2ncn1/N=C/c1ccc(Cl)cc1Cl. The third kappa shape index (κ3) is 3.64. The molecule has 4 aromatic rings. The van der Waals surface area contributed by atoms with Gasteiger partial charge in [0.25, 0.3) is 5.56 Å². The number of hydrogen-bond donors (Lipinski definition) is 0. The van der Waals surface area contributed by atoms with Gasteiger partial charge in [0.1, 0.15) is 11.2 Å². The van der Waals surface area contributed by atoms with E-state index in [0.29, 0.717) is 30.8 Å². The van der Waals surface area contributed by atoms with E-state index in [1.807, 2.05) is 17.5 Å². The zero-order valence-corrected chi connectivity index (χ0v) is 16.6. The highest BCUT2D eigenvalue weighted by Gasteiger charge is 2.13. The van der Waals surface area contributed by atoms with E-state index >= 15 is 0 Å². The van der Waals surface area contributed by atoms with Gasteiger partial charge in [-0.1, -0.05) is 53.0 Å². The molecule has 0 atom stereocenters. The minimum absolute atomic E-state index is 0.257. The van der Waals surface area contributed by atoms with Crippen LogP contribution in [0.2, 0.25) is 15.1 Å². The molecule has 0 amide bonds. The average molecular weight is 435 g/mol. The van der Waals surface area contributed by atoms with Crippen LogP contribution in [-0.4, -0.2) is 15.9 Å². The van der Waals surface area contributed by atoms with Crippen LogP contribution in [0.3, 0.4) is 0 Å². The maximum absolute atomic E-state index is 12.9. The van der Waals surface area contributed by atoms with Crippen LogP contribution < -0.4 is 5.56 Å². The quantitative estimate of drug-likeness (QED) is 0.373. The van der Waals surface area contributed by atoms with Gasteiger partial charge in [0, 0.05) is 26.6 Å². The van der Waals surface area contributed by atoms with Gasteiger partial charge in [0.2, 0.25) is 0 Å². The molecule has 0 unspecified atom stereocenters. The topological polar surface area (TPSA) is 47.2 Å². The van der Waals surface area contributed by atoms with Gasteiger partial charge in [-0.05, 0) is 29.8 Å². The number of benzene rings is 2. The molecule has 0 saturated carbocycles. The van der Waals surface area contributed by atoms with Crippen LogP contribution in [0.4, 0.5) is 0 Å². The van der Waals surface area contributed by atoms with Crippen molar-refractivity contribution in [3.8, 4) is 11.1 Å². The Labute approximate surface area is 173 Å². The van der Waals surface area contributed by atoms with Gasteiger partial charge < -0.3 is 0 Å². The molecule has 0 fully saturated rings. The second-order valence-electron chi connectivity index (χ2n) is 5.64. The van der Waals surface area contributed by atoms with Crippen LogP contribution in [0, 0.1) is 0 Å². The monoisotopic (exact) mass is 433 g/mol. The molecule has 0 aliphatic heterocycles. The molecule has 4 nitrogen and oxygen atoms in total. The summed E-state index contributed by atoms with van der Waals surface area (Å²) in [6.45, 7) is 0. The molecule has 2 heterocycles. The van der Waals surface area contributed by atoms with Gasteiger partial charge in [0.05, 0.1) is 16.6 Å². The number of nitrogens with zero attached hydrogens (tertiary/aromatic N) is 3. The molecular weight excluding hydrogens is 425 g/mol. The molecule has 0 saturated heterocycles. The number of halogens is 3. The van der Waals surface area contributed by atoms with Crippen molar-refractivity contribution in [1.82, 2.24) is 9.66 Å². The summed E-state index contributed by atoms with van der Waals surface area (Å²) < 4.78 is 1.19. The zero-order valence-electron chi connectivity index (χ0n) is 13.6. The largest absolute Gasteiger partial charge is 0.283 e. The minimum atomic E-state index is -0.257. The fourth-order valence-corrected chi connectivity index (χ4v) is 4.07. The van der Waals surface area contributed by atoms with E-state index in [-0.39, 0.29) is 5.56 Å². The van der Waals surface area contributed by atoms with Crippen molar-refractivity contribution in [3.05, 3.63) is 85.2 Å². The number of rotatable bonds is 3. The van der Waals surface area contributed by atoms with Crippen LogP contribution in [0.5, 0.6) is 0 Å². The second-order valence-corrected chi connectivity index (χ2v) is 7.78. The van der Waals surface area contributed by atoms with Crippen molar-refractivity contribution in [2.24, 2.45) is 5.10 Å². The Morgan fingerprint density at radius 1 is 1.04 bits per heavy atom. The summed E-state index contributed by atoms with van der Waals surface area (Å²) in [6.07, 6.45) is 2.90. The highest BCUT2D eigenvalue weighted by atomic mass is 35.5. The van der Waals surface area contributed by atoms with Crippen molar-refractivity contribution in [1.29, 1.82) is 0 Å². The Balaban J connectivity index is 1.80. The Hall–Kier alpha value is -2.18. The second kappa shape index (κ2) is 7.44. The van der Waals surface area contributed by atoms with Crippen LogP contribution in [0.15, 0.2) is 64.1 Å². The van der Waals surface area contributed by atoms with Crippen LogP contribution in [-0.2, 0) is 0 Å². The van der Waals surface area contributed by atoms with E-state index in [1.54, 1.807) is 30.3 Å². The molecule has 2 aromatic heterocycles. The lowest BCUT2D eigenvalue weighted by molar-refractivity contribution is 0.819. The Bertz CT molecular complexity index is 1230. The van der Waals surface area contributed by atoms with E-state index in [0.717, 1.165) is 11.1 Å². The number of hydrogen-bond acceptors (Lipinski definition) is 4. The Morgan fingerprint density at radius 3 is 2.52 bits per heavy atom. The van der Waals surface area contributed by atoms with E-state index in [2.05, 4.69) is 10.1 Å². The normalized spacial score (nSPS) is 11.5. The fraction of sp³-hybridized carbons (Fsp3) is 0. The van der Waals surface area contributed by atoms with E-state index < -0.39 is 0 Å². The molecule has 4 rings (SSSR count). The molecule has 0 aliphatic rings. The third-order valence-corrected chi connectivity index (χ3v) is 5.62. The highest BCUT2D eigenvalue weighted by molar-refractivity contribution is 7.17. The molecular formula is C19H10Cl3N3OS. The first-order valence-corrected chi connectivity index (χ1v) is 9.78. The molecule has 8 heteroatoms. The highest BCUT2D eigenvalue weighted by Crippen LogP contribution is 2.31. The van der Waals surface area contributed by atoms with Crippen LogP contribution in [0.1, 0.15) is 5.56 Å². The predicted molar refractivity (Wildman–Crippen MR) is 114 cm³/mol. The maximum Gasteiger partial charge on any atom is 0.283 e. The summed E-state index contributed by atoms with van der Waals surface area (Å²) in [5.41, 5.74) is 2.09. The maximum atomic E-state index is 12.9. The lowest BCUT2D eigenvalue weighted by atomic mass is 10.1. The van der Waals surface area contributed by atoms with Gasteiger partial charge in [-0.3, -0.25) is 4.79 Å². The standard InChI is InChI=1S/C19H10Cl3N3OS/c20-13-4-1-11(2-5-13)15-9-27-18-17(15)19(26)25(10-23-18)24-8-12-3-6-14(21)7-16(12)22/h1-10H/b24-8+. The first-order valence-electron chi connectivity index (χ1n) is 7.77. The van der Waals surface area contributed by atoms with Gasteiger partial charge in [-0.25, -0.2) is 4.98 Å². The summed E-state index contributed by atoms with van der Waals surface area (Å²) in [5.74, 6) is 0. The number of fused-ring (bicyclic) bond motifs is 1. The van der Waals surface area contributed by atoms with Crippen molar-refractivity contribution >= 4 is 62.6 Å². The zero-order chi connectivity index (χ0) is 19.0. The average Bonchev–Trinajstić information content (AvgIpc) is 3.08. The summed E-state index contributed by atoms with van der Waals surface area (Å²) >= 11 is 19.4. The Kier molecular flexibility index (Phi) is 5.02. The molecule has 134 valence electrons. The van der Waals surface area contributed by atoms with Gasteiger partial charge in [-0.2, -0.15) is 9.78 Å². The van der Waals surface area contributed by atoms with Crippen LogP contribution >= 0.6 is 46.1 Å². The summed E-state index contributed by atoms with van der Waals surface area (Å²) in [7, 11) is 0.